The van der Waals surface area contributed by atoms with E-state index in [9.17, 15) is 9.59 Å². The van der Waals surface area contributed by atoms with Crippen molar-refractivity contribution in [1.82, 2.24) is 9.80 Å². The summed E-state index contributed by atoms with van der Waals surface area (Å²) in [6, 6.07) is 0.0966. The third-order valence-corrected chi connectivity index (χ3v) is 4.50. The maximum Gasteiger partial charge on any atom is 0.319 e. The molecular formula is C14H24N2O3. The van der Waals surface area contributed by atoms with Crippen LogP contribution in [0.4, 0.5) is 4.79 Å². The SMILES string of the molecule is CC1(C)CCN(C(=O)N2CCC(C(=O)O)CC2)CC1. The summed E-state index contributed by atoms with van der Waals surface area (Å²) >= 11 is 0. The molecule has 2 aliphatic heterocycles. The average Bonchev–Trinajstić information content (AvgIpc) is 2.38. The van der Waals surface area contributed by atoms with Crippen LogP contribution >= 0.6 is 0 Å². The second-order valence-electron chi connectivity index (χ2n) is 6.53. The molecule has 0 aromatic rings. The first kappa shape index (κ1) is 14.2. The largest absolute Gasteiger partial charge is 0.481 e. The van der Waals surface area contributed by atoms with Crippen LogP contribution < -0.4 is 0 Å². The number of carboxylic acid groups (broad SMARTS) is 1. The molecular weight excluding hydrogens is 244 g/mol. The highest BCUT2D eigenvalue weighted by atomic mass is 16.4. The minimum absolute atomic E-state index is 0.0966. The van der Waals surface area contributed by atoms with E-state index in [1.54, 1.807) is 0 Å². The molecule has 0 atom stereocenters. The van der Waals surface area contributed by atoms with Gasteiger partial charge in [-0.3, -0.25) is 4.79 Å². The smallest absolute Gasteiger partial charge is 0.319 e. The molecule has 0 aliphatic carbocycles. The highest BCUT2D eigenvalue weighted by Crippen LogP contribution is 2.30. The summed E-state index contributed by atoms with van der Waals surface area (Å²) < 4.78 is 0. The first-order valence-corrected chi connectivity index (χ1v) is 7.16. The molecule has 0 aromatic heterocycles. The number of rotatable bonds is 1. The lowest BCUT2D eigenvalue weighted by molar-refractivity contribution is -0.143. The molecule has 1 N–H and O–H groups in total. The lowest BCUT2D eigenvalue weighted by Gasteiger charge is -2.40. The van der Waals surface area contributed by atoms with Gasteiger partial charge in [0.25, 0.3) is 0 Å². The average molecular weight is 268 g/mol. The zero-order valence-corrected chi connectivity index (χ0v) is 11.9. The Morgan fingerprint density at radius 1 is 1.00 bits per heavy atom. The standard InChI is InChI=1S/C14H24N2O3/c1-14(2)5-9-16(10-6-14)13(19)15-7-3-11(4-8-15)12(17)18/h11H,3-10H2,1-2H3,(H,17,18). The van der Waals surface area contributed by atoms with Gasteiger partial charge >= 0.3 is 12.0 Å². The number of urea groups is 1. The third kappa shape index (κ3) is 3.39. The van der Waals surface area contributed by atoms with E-state index >= 15 is 0 Å². The van der Waals surface area contributed by atoms with Gasteiger partial charge in [-0.1, -0.05) is 13.8 Å². The van der Waals surface area contributed by atoms with Crippen molar-refractivity contribution in [2.45, 2.75) is 39.5 Å². The monoisotopic (exact) mass is 268 g/mol. The van der Waals surface area contributed by atoms with E-state index in [2.05, 4.69) is 13.8 Å². The van der Waals surface area contributed by atoms with Gasteiger partial charge in [-0.05, 0) is 31.1 Å². The molecule has 5 heteroatoms. The summed E-state index contributed by atoms with van der Waals surface area (Å²) in [7, 11) is 0. The molecule has 2 heterocycles. The second-order valence-corrected chi connectivity index (χ2v) is 6.53. The molecule has 0 unspecified atom stereocenters. The fraction of sp³-hybridized carbons (Fsp3) is 0.857. The first-order valence-electron chi connectivity index (χ1n) is 7.16. The van der Waals surface area contributed by atoms with Crippen LogP contribution in [0.3, 0.4) is 0 Å². The Labute approximate surface area is 114 Å². The maximum absolute atomic E-state index is 12.3. The van der Waals surface area contributed by atoms with Crippen LogP contribution in [0.15, 0.2) is 0 Å². The second kappa shape index (κ2) is 5.39. The topological polar surface area (TPSA) is 60.9 Å². The van der Waals surface area contributed by atoms with Crippen molar-refractivity contribution in [3.8, 4) is 0 Å². The summed E-state index contributed by atoms with van der Waals surface area (Å²) in [4.78, 5) is 27.0. The van der Waals surface area contributed by atoms with Gasteiger partial charge in [-0.2, -0.15) is 0 Å². The predicted octanol–water partition coefficient (Wildman–Crippen LogP) is 2.03. The minimum Gasteiger partial charge on any atom is -0.481 e. The molecule has 2 aliphatic rings. The van der Waals surface area contributed by atoms with Crippen LogP contribution in [0.1, 0.15) is 39.5 Å². The number of likely N-dealkylation sites (tertiary alicyclic amines) is 2. The van der Waals surface area contributed by atoms with Crippen LogP contribution in [0.2, 0.25) is 0 Å². The number of carboxylic acids is 1. The van der Waals surface area contributed by atoms with E-state index in [1.165, 1.54) is 0 Å². The molecule has 5 nitrogen and oxygen atoms in total. The van der Waals surface area contributed by atoms with Crippen molar-refractivity contribution in [2.24, 2.45) is 11.3 Å². The van der Waals surface area contributed by atoms with Crippen LogP contribution in [-0.2, 0) is 4.79 Å². The van der Waals surface area contributed by atoms with Crippen molar-refractivity contribution in [1.29, 1.82) is 0 Å². The normalized spacial score (nSPS) is 24.3. The number of hydrogen-bond acceptors (Lipinski definition) is 2. The van der Waals surface area contributed by atoms with E-state index in [0.29, 0.717) is 31.3 Å². The Bertz CT molecular complexity index is 350. The summed E-state index contributed by atoms with van der Waals surface area (Å²) in [5.74, 6) is -1.00. The Kier molecular flexibility index (Phi) is 4.02. The number of carbonyl (C=O) groups is 2. The van der Waals surface area contributed by atoms with Gasteiger partial charge in [0.05, 0.1) is 5.92 Å². The molecule has 108 valence electrons. The fourth-order valence-electron chi connectivity index (χ4n) is 2.82. The Hall–Kier alpha value is -1.26. The number of amides is 2. The summed E-state index contributed by atoms with van der Waals surface area (Å²) in [6.45, 7) is 7.29. The lowest BCUT2D eigenvalue weighted by Crippen LogP contribution is -2.50. The zero-order valence-electron chi connectivity index (χ0n) is 11.9. The van der Waals surface area contributed by atoms with Gasteiger partial charge in [-0.15, -0.1) is 0 Å². The third-order valence-electron chi connectivity index (χ3n) is 4.50. The van der Waals surface area contributed by atoms with Crippen LogP contribution in [0.25, 0.3) is 0 Å². The van der Waals surface area contributed by atoms with Gasteiger partial charge < -0.3 is 14.9 Å². The minimum atomic E-state index is -0.730. The van der Waals surface area contributed by atoms with Crippen molar-refractivity contribution < 1.29 is 14.7 Å². The first-order chi connectivity index (χ1) is 8.89. The van der Waals surface area contributed by atoms with Crippen molar-refractivity contribution >= 4 is 12.0 Å². The number of aliphatic carboxylic acids is 1. The summed E-state index contributed by atoms with van der Waals surface area (Å²) in [5.41, 5.74) is 0.340. The van der Waals surface area contributed by atoms with Gasteiger partial charge in [0, 0.05) is 26.2 Å². The molecule has 2 amide bonds. The number of hydrogen-bond donors (Lipinski definition) is 1. The van der Waals surface area contributed by atoms with Crippen LogP contribution in [0.5, 0.6) is 0 Å². The van der Waals surface area contributed by atoms with E-state index in [-0.39, 0.29) is 11.9 Å². The molecule has 2 fully saturated rings. The molecule has 19 heavy (non-hydrogen) atoms. The van der Waals surface area contributed by atoms with Crippen molar-refractivity contribution in [3.63, 3.8) is 0 Å². The molecule has 0 radical (unpaired) electrons. The molecule has 0 aromatic carbocycles. The van der Waals surface area contributed by atoms with Crippen molar-refractivity contribution in [2.75, 3.05) is 26.2 Å². The highest BCUT2D eigenvalue weighted by Gasteiger charge is 2.32. The summed E-state index contributed by atoms with van der Waals surface area (Å²) in [6.07, 6.45) is 3.26. The lowest BCUT2D eigenvalue weighted by atomic mass is 9.83. The highest BCUT2D eigenvalue weighted by molar-refractivity contribution is 5.75. The van der Waals surface area contributed by atoms with E-state index in [1.807, 2.05) is 9.80 Å². The molecule has 2 rings (SSSR count). The Morgan fingerprint density at radius 3 is 1.95 bits per heavy atom. The van der Waals surface area contributed by atoms with Gasteiger partial charge in [0.1, 0.15) is 0 Å². The summed E-state index contributed by atoms with van der Waals surface area (Å²) in [5, 5.41) is 8.96. The van der Waals surface area contributed by atoms with E-state index in [0.717, 1.165) is 25.9 Å². The van der Waals surface area contributed by atoms with E-state index in [4.69, 9.17) is 5.11 Å². The predicted molar refractivity (Wildman–Crippen MR) is 71.9 cm³/mol. The number of nitrogens with zero attached hydrogens (tertiary/aromatic N) is 2. The van der Waals surface area contributed by atoms with E-state index < -0.39 is 5.97 Å². The van der Waals surface area contributed by atoms with Crippen LogP contribution in [-0.4, -0.2) is 53.1 Å². The molecule has 0 saturated carbocycles. The fourth-order valence-corrected chi connectivity index (χ4v) is 2.82. The Balaban J connectivity index is 1.83. The molecule has 2 saturated heterocycles. The number of carbonyl (C=O) groups excluding carboxylic acids is 1. The number of piperidine rings is 2. The van der Waals surface area contributed by atoms with Gasteiger partial charge in [-0.25, -0.2) is 4.79 Å². The molecule has 0 bridgehead atoms. The zero-order chi connectivity index (χ0) is 14.0. The van der Waals surface area contributed by atoms with Crippen molar-refractivity contribution in [3.05, 3.63) is 0 Å². The maximum atomic E-state index is 12.3. The molecule has 0 spiro atoms. The van der Waals surface area contributed by atoms with Crippen LogP contribution in [0, 0.1) is 11.3 Å². The van der Waals surface area contributed by atoms with Gasteiger partial charge in [0.15, 0.2) is 0 Å². The van der Waals surface area contributed by atoms with Gasteiger partial charge in [0.2, 0.25) is 0 Å². The quantitative estimate of drug-likeness (QED) is 0.791. The Morgan fingerprint density at radius 2 is 1.47 bits per heavy atom.